The third kappa shape index (κ3) is 11.9. The largest absolute Gasteiger partial charge is 0.478 e. The Balaban J connectivity index is 0. The molecule has 0 amide bonds. The van der Waals surface area contributed by atoms with Crippen molar-refractivity contribution in [3.05, 3.63) is 106 Å². The Labute approximate surface area is 291 Å². The van der Waals surface area contributed by atoms with E-state index < -0.39 is 35.8 Å². The summed E-state index contributed by atoms with van der Waals surface area (Å²) in [5.41, 5.74) is -1.14. The number of benzene rings is 3. The van der Waals surface area contributed by atoms with Crippen molar-refractivity contribution in [2.75, 3.05) is 0 Å². The average molecular weight is 844 g/mol. The summed E-state index contributed by atoms with van der Waals surface area (Å²) < 4.78 is 0. The molecule has 0 saturated carbocycles. The van der Waals surface area contributed by atoms with Crippen LogP contribution in [-0.2, 0) is 0 Å². The summed E-state index contributed by atoms with van der Waals surface area (Å²) in [6, 6.07) is 16.4. The minimum atomic E-state index is -1.23. The second kappa shape index (κ2) is 18.7. The van der Waals surface area contributed by atoms with Gasteiger partial charge in [-0.25, -0.2) is 28.8 Å². The minimum Gasteiger partial charge on any atom is -0.478 e. The monoisotopic (exact) mass is 846 g/mol. The van der Waals surface area contributed by atoms with Gasteiger partial charge < -0.3 is 30.6 Å². The van der Waals surface area contributed by atoms with E-state index in [2.05, 4.69) is 0 Å². The maximum absolute atomic E-state index is 10.5. The molecular formula is C24H18O12Yb2. The smallest absolute Gasteiger partial charge is 0.336 e. The van der Waals surface area contributed by atoms with Crippen molar-refractivity contribution in [2.24, 2.45) is 0 Å². The zero-order chi connectivity index (χ0) is 27.4. The van der Waals surface area contributed by atoms with Gasteiger partial charge in [0.2, 0.25) is 0 Å². The summed E-state index contributed by atoms with van der Waals surface area (Å²) >= 11 is 0. The van der Waals surface area contributed by atoms with Crippen LogP contribution < -0.4 is 0 Å². The van der Waals surface area contributed by atoms with E-state index in [1.165, 1.54) is 72.8 Å². The standard InChI is InChI=1S/3C8H6O4.2Yb/c3*9-7(10)5-3-1-2-4-6(5)8(11)12;;/h3*1-4H,(H,9,10)(H,11,12);;. The molecule has 0 atom stereocenters. The first kappa shape index (κ1) is 37.7. The summed E-state index contributed by atoms with van der Waals surface area (Å²) in [5, 5.41) is 51.3. The fourth-order valence-corrected chi connectivity index (χ4v) is 2.57. The van der Waals surface area contributed by atoms with Gasteiger partial charge in [0.1, 0.15) is 0 Å². The zero-order valence-corrected chi connectivity index (χ0v) is 22.0. The molecule has 214 valence electrons. The molecule has 0 saturated heterocycles. The van der Waals surface area contributed by atoms with Crippen LogP contribution in [0, 0.1) is 93.8 Å². The molecule has 38 heavy (non-hydrogen) atoms. The molecule has 0 aliphatic heterocycles. The Morgan fingerprint density at radius 1 is 0.316 bits per heavy atom. The van der Waals surface area contributed by atoms with Crippen molar-refractivity contribution >= 4 is 35.8 Å². The normalized spacial score (nSPS) is 8.84. The van der Waals surface area contributed by atoms with Crippen molar-refractivity contribution < 1.29 is 153 Å². The number of carboxylic acids is 6. The van der Waals surface area contributed by atoms with Crippen LogP contribution in [0.5, 0.6) is 0 Å². The molecule has 14 heteroatoms. The van der Waals surface area contributed by atoms with E-state index in [0.717, 1.165) is 0 Å². The molecule has 0 unspecified atom stereocenters. The molecule has 3 aromatic carbocycles. The quantitative estimate of drug-likeness (QED) is 0.211. The van der Waals surface area contributed by atoms with Gasteiger partial charge in [0, 0.05) is 93.8 Å². The number of rotatable bonds is 6. The second-order valence-corrected chi connectivity index (χ2v) is 6.47. The predicted octanol–water partition coefficient (Wildman–Crippen LogP) is 3.25. The van der Waals surface area contributed by atoms with Crippen LogP contribution in [0.3, 0.4) is 0 Å². The third-order valence-corrected chi connectivity index (χ3v) is 4.16. The number of carbonyl (C=O) groups is 6. The summed E-state index contributed by atoms with van der Waals surface area (Å²) in [7, 11) is 0. The van der Waals surface area contributed by atoms with Gasteiger partial charge in [-0.3, -0.25) is 0 Å². The summed E-state index contributed by atoms with van der Waals surface area (Å²) in [6.45, 7) is 0. The average Bonchev–Trinajstić information content (AvgIpc) is 2.84. The van der Waals surface area contributed by atoms with Crippen molar-refractivity contribution in [3.63, 3.8) is 0 Å². The van der Waals surface area contributed by atoms with Gasteiger partial charge in [-0.1, -0.05) is 36.4 Å². The van der Waals surface area contributed by atoms with Crippen LogP contribution in [0.15, 0.2) is 72.8 Å². The van der Waals surface area contributed by atoms with Gasteiger partial charge in [0.05, 0.1) is 33.4 Å². The second-order valence-electron chi connectivity index (χ2n) is 6.47. The number of aromatic carboxylic acids is 6. The Morgan fingerprint density at radius 2 is 0.421 bits per heavy atom. The van der Waals surface area contributed by atoms with E-state index in [9.17, 15) is 28.8 Å². The molecule has 0 heterocycles. The molecule has 0 spiro atoms. The molecular weight excluding hydrogens is 826 g/mol. The first-order valence-electron chi connectivity index (χ1n) is 9.55. The zero-order valence-electron chi connectivity index (χ0n) is 18.6. The van der Waals surface area contributed by atoms with E-state index >= 15 is 0 Å². The molecule has 3 aromatic rings. The van der Waals surface area contributed by atoms with Crippen molar-refractivity contribution in [1.29, 1.82) is 0 Å². The Hall–Kier alpha value is -2.48. The van der Waals surface area contributed by atoms with Gasteiger partial charge in [0.25, 0.3) is 0 Å². The van der Waals surface area contributed by atoms with Crippen LogP contribution in [0.1, 0.15) is 62.1 Å². The molecule has 0 aliphatic carbocycles. The molecule has 12 nitrogen and oxygen atoms in total. The van der Waals surface area contributed by atoms with Crippen LogP contribution in [0.2, 0.25) is 0 Å². The van der Waals surface area contributed by atoms with E-state index in [1.807, 2.05) is 0 Å². The Bertz CT molecular complexity index is 1060. The van der Waals surface area contributed by atoms with Crippen LogP contribution in [0.25, 0.3) is 0 Å². The van der Waals surface area contributed by atoms with Crippen molar-refractivity contribution in [2.45, 2.75) is 0 Å². The van der Waals surface area contributed by atoms with Crippen LogP contribution >= 0.6 is 0 Å². The summed E-state index contributed by atoms with van der Waals surface area (Å²) in [6.07, 6.45) is 0. The van der Waals surface area contributed by atoms with Crippen LogP contribution in [-0.4, -0.2) is 66.5 Å². The van der Waals surface area contributed by atoms with Crippen LogP contribution in [0.4, 0.5) is 0 Å². The minimum absolute atomic E-state index is 0. The fourth-order valence-electron chi connectivity index (χ4n) is 2.57. The first-order chi connectivity index (χ1) is 16.9. The van der Waals surface area contributed by atoms with Gasteiger partial charge >= 0.3 is 35.8 Å². The molecule has 0 aromatic heterocycles. The van der Waals surface area contributed by atoms with E-state index in [1.54, 1.807) is 0 Å². The van der Waals surface area contributed by atoms with Gasteiger partial charge in [-0.05, 0) is 36.4 Å². The number of hydrogen-bond acceptors (Lipinski definition) is 6. The number of carboxylic acid groups (broad SMARTS) is 6. The maximum Gasteiger partial charge on any atom is 0.336 e. The van der Waals surface area contributed by atoms with Crippen molar-refractivity contribution in [3.8, 4) is 0 Å². The maximum atomic E-state index is 10.5. The summed E-state index contributed by atoms with van der Waals surface area (Å²) in [4.78, 5) is 62.8. The first-order valence-corrected chi connectivity index (χ1v) is 9.55. The van der Waals surface area contributed by atoms with Gasteiger partial charge in [-0.2, -0.15) is 0 Å². The molecule has 0 bridgehead atoms. The van der Waals surface area contributed by atoms with Gasteiger partial charge in [-0.15, -0.1) is 0 Å². The van der Waals surface area contributed by atoms with Crippen molar-refractivity contribution in [1.82, 2.24) is 0 Å². The molecule has 3 rings (SSSR count). The predicted molar refractivity (Wildman–Crippen MR) is 121 cm³/mol. The number of hydrogen-bond donors (Lipinski definition) is 6. The fraction of sp³-hybridized carbons (Fsp3) is 0. The summed E-state index contributed by atoms with van der Waals surface area (Å²) in [5.74, 6) is -7.37. The SMILES string of the molecule is O=C(O)c1ccccc1C(=O)O.O=C(O)c1ccccc1C(=O)O.O=C(O)c1ccccc1C(=O)O.[Yb].[Yb]. The Kier molecular flexibility index (Phi) is 18.6. The Morgan fingerprint density at radius 3 is 0.500 bits per heavy atom. The van der Waals surface area contributed by atoms with E-state index in [-0.39, 0.29) is 127 Å². The topological polar surface area (TPSA) is 224 Å². The molecule has 0 radical (unpaired) electrons. The third-order valence-electron chi connectivity index (χ3n) is 4.16. The molecule has 0 fully saturated rings. The molecule has 0 aliphatic rings. The van der Waals surface area contributed by atoms with E-state index in [4.69, 9.17) is 30.6 Å². The molecule has 6 N–H and O–H groups in total. The van der Waals surface area contributed by atoms with E-state index in [0.29, 0.717) is 0 Å². The van der Waals surface area contributed by atoms with Gasteiger partial charge in [0.15, 0.2) is 0 Å².